The molecule has 0 heterocycles. The van der Waals surface area contributed by atoms with Crippen LogP contribution in [0, 0.1) is 0 Å². The van der Waals surface area contributed by atoms with Crippen LogP contribution in [0.2, 0.25) is 0 Å². The molecular weight excluding hydrogens is 108 g/mol. The minimum Gasteiger partial charge on any atom is -0.379 e. The Bertz CT molecular complexity index is 58.0. The van der Waals surface area contributed by atoms with Crippen molar-refractivity contribution in [2.75, 3.05) is 7.05 Å². The van der Waals surface area contributed by atoms with Gasteiger partial charge < -0.3 is 10.2 Å². The van der Waals surface area contributed by atoms with Gasteiger partial charge in [-0.2, -0.15) is 0 Å². The molecule has 0 saturated carbocycles. The Kier molecular flexibility index (Phi) is 3.72. The summed E-state index contributed by atoms with van der Waals surface area (Å²) in [7, 11) is 1.58. The molecule has 4 heteroatoms. The fraction of sp³-hybridized carbons (Fsp3) is 1.00. The fourth-order valence-electron chi connectivity index (χ4n) is 0.312. The normalized spacial score (nSPS) is 18.0. The van der Waals surface area contributed by atoms with Crippen LogP contribution in [0.25, 0.3) is 0 Å². The monoisotopic (exact) mass is 120 g/mol. The van der Waals surface area contributed by atoms with Gasteiger partial charge in [-0.1, -0.05) is 0 Å². The van der Waals surface area contributed by atoms with Crippen molar-refractivity contribution in [3.8, 4) is 0 Å². The highest BCUT2D eigenvalue weighted by Gasteiger charge is 1.99. The van der Waals surface area contributed by atoms with Gasteiger partial charge in [0.2, 0.25) is 0 Å². The first-order chi connectivity index (χ1) is 3.66. The second-order valence-corrected chi connectivity index (χ2v) is 1.53. The lowest BCUT2D eigenvalue weighted by Gasteiger charge is -2.12. The summed E-state index contributed by atoms with van der Waals surface area (Å²) in [5, 5.41) is 22.1. The van der Waals surface area contributed by atoms with Gasteiger partial charge in [0.15, 0.2) is 6.35 Å². The average Bonchev–Trinajstić information content (AvgIpc) is 1.65. The van der Waals surface area contributed by atoms with Crippen LogP contribution in [-0.2, 0) is 0 Å². The van der Waals surface area contributed by atoms with Crippen molar-refractivity contribution in [1.29, 1.82) is 0 Å². The third-order valence-electron chi connectivity index (χ3n) is 0.673. The van der Waals surface area contributed by atoms with E-state index in [0.717, 1.165) is 0 Å². The van der Waals surface area contributed by atoms with Gasteiger partial charge in [0.25, 0.3) is 0 Å². The largest absolute Gasteiger partial charge is 0.379 e. The van der Waals surface area contributed by atoms with Crippen molar-refractivity contribution in [3.63, 3.8) is 0 Å². The number of nitrogens with one attached hydrogen (secondary N) is 2. The summed E-state index contributed by atoms with van der Waals surface area (Å²) in [4.78, 5) is 0. The van der Waals surface area contributed by atoms with Crippen LogP contribution in [0.1, 0.15) is 6.92 Å². The van der Waals surface area contributed by atoms with Crippen LogP contribution in [0.4, 0.5) is 0 Å². The van der Waals surface area contributed by atoms with Crippen molar-refractivity contribution in [2.45, 2.75) is 19.5 Å². The standard InChI is InChI=1S/C4H12N2O2/c1-3(7)6-4(8)5-2/h3-8H,1-2H3. The lowest BCUT2D eigenvalue weighted by molar-refractivity contribution is 0.0367. The third-order valence-corrected chi connectivity index (χ3v) is 0.673. The maximum absolute atomic E-state index is 8.65. The smallest absolute Gasteiger partial charge is 0.162 e. The highest BCUT2D eigenvalue weighted by atomic mass is 16.3. The minimum absolute atomic E-state index is 0.683. The van der Waals surface area contributed by atoms with E-state index in [4.69, 9.17) is 10.2 Å². The lowest BCUT2D eigenvalue weighted by atomic mass is 10.6. The first-order valence-corrected chi connectivity index (χ1v) is 2.46. The number of aliphatic hydroxyl groups excluding tert-OH is 2. The van der Waals surface area contributed by atoms with Crippen LogP contribution in [0.3, 0.4) is 0 Å². The lowest BCUT2D eigenvalue weighted by Crippen LogP contribution is -2.44. The van der Waals surface area contributed by atoms with Crippen molar-refractivity contribution < 1.29 is 10.2 Å². The van der Waals surface area contributed by atoms with E-state index in [-0.39, 0.29) is 0 Å². The molecule has 4 N–H and O–H groups in total. The highest BCUT2D eigenvalue weighted by Crippen LogP contribution is 1.71. The summed E-state index contributed by atoms with van der Waals surface area (Å²) >= 11 is 0. The fourth-order valence-corrected chi connectivity index (χ4v) is 0.312. The Balaban J connectivity index is 3.10. The molecule has 0 aromatic heterocycles. The topological polar surface area (TPSA) is 64.5 Å². The van der Waals surface area contributed by atoms with Crippen LogP contribution >= 0.6 is 0 Å². The second kappa shape index (κ2) is 3.80. The van der Waals surface area contributed by atoms with E-state index in [2.05, 4.69) is 10.6 Å². The van der Waals surface area contributed by atoms with Crippen LogP contribution in [-0.4, -0.2) is 29.8 Å². The number of hydrogen-bond acceptors (Lipinski definition) is 4. The van der Waals surface area contributed by atoms with Gasteiger partial charge in [-0.25, -0.2) is 0 Å². The van der Waals surface area contributed by atoms with Gasteiger partial charge >= 0.3 is 0 Å². The predicted octanol–water partition coefficient (Wildman–Crippen LogP) is -1.59. The maximum atomic E-state index is 8.65. The van der Waals surface area contributed by atoms with E-state index in [1.807, 2.05) is 0 Å². The summed E-state index contributed by atoms with van der Waals surface area (Å²) in [5.41, 5.74) is 0. The van der Waals surface area contributed by atoms with Gasteiger partial charge in [-0.05, 0) is 14.0 Å². The molecule has 0 saturated heterocycles. The van der Waals surface area contributed by atoms with Gasteiger partial charge in [0.05, 0.1) is 0 Å². The molecule has 0 bridgehead atoms. The van der Waals surface area contributed by atoms with Crippen LogP contribution in [0.5, 0.6) is 0 Å². The van der Waals surface area contributed by atoms with E-state index in [1.54, 1.807) is 7.05 Å². The molecule has 0 aliphatic rings. The molecule has 50 valence electrons. The SMILES string of the molecule is CNC(O)NC(C)O. The first kappa shape index (κ1) is 7.84. The average molecular weight is 120 g/mol. The molecule has 0 spiro atoms. The Morgan fingerprint density at radius 1 is 1.38 bits per heavy atom. The zero-order chi connectivity index (χ0) is 6.57. The molecule has 8 heavy (non-hydrogen) atoms. The molecule has 0 aliphatic carbocycles. The molecule has 2 unspecified atom stereocenters. The first-order valence-electron chi connectivity index (χ1n) is 2.46. The van der Waals surface area contributed by atoms with E-state index in [0.29, 0.717) is 0 Å². The molecule has 0 aliphatic heterocycles. The van der Waals surface area contributed by atoms with Crippen molar-refractivity contribution >= 4 is 0 Å². The zero-order valence-corrected chi connectivity index (χ0v) is 5.05. The Morgan fingerprint density at radius 2 is 1.88 bits per heavy atom. The molecule has 0 radical (unpaired) electrons. The van der Waals surface area contributed by atoms with Crippen molar-refractivity contribution in [2.24, 2.45) is 0 Å². The van der Waals surface area contributed by atoms with Gasteiger partial charge in [0.1, 0.15) is 6.23 Å². The van der Waals surface area contributed by atoms with Crippen molar-refractivity contribution in [1.82, 2.24) is 10.6 Å². The molecule has 0 fully saturated rings. The molecule has 0 aromatic carbocycles. The molecule has 2 atom stereocenters. The molecular formula is C4H12N2O2. The van der Waals surface area contributed by atoms with Gasteiger partial charge in [0, 0.05) is 0 Å². The van der Waals surface area contributed by atoms with E-state index >= 15 is 0 Å². The number of rotatable bonds is 3. The molecule has 0 aromatic rings. The zero-order valence-electron chi connectivity index (χ0n) is 5.05. The number of aliphatic hydroxyl groups is 2. The molecule has 0 rings (SSSR count). The summed E-state index contributed by atoms with van der Waals surface area (Å²) in [6, 6.07) is 0. The van der Waals surface area contributed by atoms with Crippen LogP contribution < -0.4 is 10.6 Å². The highest BCUT2D eigenvalue weighted by molar-refractivity contribution is 4.45. The quantitative estimate of drug-likeness (QED) is 0.339. The van der Waals surface area contributed by atoms with E-state index in [1.165, 1.54) is 6.92 Å². The van der Waals surface area contributed by atoms with E-state index < -0.39 is 12.6 Å². The molecule has 0 amide bonds. The maximum Gasteiger partial charge on any atom is 0.162 e. The minimum atomic E-state index is -0.824. The Labute approximate surface area is 48.5 Å². The van der Waals surface area contributed by atoms with Crippen molar-refractivity contribution in [3.05, 3.63) is 0 Å². The summed E-state index contributed by atoms with van der Waals surface area (Å²) in [6.07, 6.45) is -1.51. The molecule has 4 nitrogen and oxygen atoms in total. The summed E-state index contributed by atoms with van der Waals surface area (Å²) in [6.45, 7) is 1.53. The Morgan fingerprint density at radius 3 is 2.00 bits per heavy atom. The third kappa shape index (κ3) is 4.01. The van der Waals surface area contributed by atoms with E-state index in [9.17, 15) is 0 Å². The second-order valence-electron chi connectivity index (χ2n) is 1.53. The summed E-state index contributed by atoms with van der Waals surface area (Å²) in [5.74, 6) is 0. The summed E-state index contributed by atoms with van der Waals surface area (Å²) < 4.78 is 0. The predicted molar refractivity (Wildman–Crippen MR) is 29.9 cm³/mol. The van der Waals surface area contributed by atoms with Gasteiger partial charge in [-0.3, -0.25) is 10.6 Å². The van der Waals surface area contributed by atoms with Crippen LogP contribution in [0.15, 0.2) is 0 Å². The Hall–Kier alpha value is -0.160. The van der Waals surface area contributed by atoms with Gasteiger partial charge in [-0.15, -0.1) is 0 Å². The number of hydrogen-bond donors (Lipinski definition) is 4.